The molecule has 0 aliphatic carbocycles. The van der Waals surface area contributed by atoms with Crippen molar-refractivity contribution in [3.63, 3.8) is 0 Å². The van der Waals surface area contributed by atoms with Crippen LogP contribution in [0.5, 0.6) is 0 Å². The zero-order valence-electron chi connectivity index (χ0n) is 11.5. The third-order valence-corrected chi connectivity index (χ3v) is 3.42. The highest BCUT2D eigenvalue weighted by molar-refractivity contribution is 5.69. The van der Waals surface area contributed by atoms with Gasteiger partial charge in [0.05, 0.1) is 5.56 Å². The van der Waals surface area contributed by atoms with Crippen LogP contribution in [0.15, 0.2) is 36.4 Å². The summed E-state index contributed by atoms with van der Waals surface area (Å²) in [5.74, 6) is 0. The van der Waals surface area contributed by atoms with Crippen molar-refractivity contribution in [2.45, 2.75) is 32.9 Å². The molecule has 0 nitrogen and oxygen atoms in total. The fourth-order valence-corrected chi connectivity index (χ4v) is 2.38. The average molecular weight is 277 g/mol. The van der Waals surface area contributed by atoms with Gasteiger partial charge in [0.1, 0.15) is 0 Å². The van der Waals surface area contributed by atoms with E-state index in [0.717, 1.165) is 18.4 Å². The van der Waals surface area contributed by atoms with Crippen LogP contribution in [0.2, 0.25) is 0 Å². The van der Waals surface area contributed by atoms with Crippen LogP contribution >= 0.6 is 0 Å². The lowest BCUT2D eigenvalue weighted by Gasteiger charge is -2.14. The standard InChI is InChI=1S/C17H16F3/c1-3-12-9-10-14(11-13(12)4-2)15-7-5-6-8-16(15)17(18,19)20/h5-7,9-11H,3-4H2,1-2H3. The van der Waals surface area contributed by atoms with Crippen molar-refractivity contribution in [1.29, 1.82) is 0 Å². The van der Waals surface area contributed by atoms with Crippen LogP contribution < -0.4 is 0 Å². The maximum absolute atomic E-state index is 13.0. The fraction of sp³-hybridized carbons (Fsp3) is 0.294. The van der Waals surface area contributed by atoms with Crippen molar-refractivity contribution in [2.24, 2.45) is 0 Å². The van der Waals surface area contributed by atoms with Crippen LogP contribution in [0.25, 0.3) is 11.1 Å². The molecule has 2 aromatic carbocycles. The normalized spacial score (nSPS) is 11.7. The molecule has 0 aliphatic rings. The zero-order valence-corrected chi connectivity index (χ0v) is 11.5. The van der Waals surface area contributed by atoms with Gasteiger partial charge in [-0.2, -0.15) is 13.2 Å². The third kappa shape index (κ3) is 2.87. The van der Waals surface area contributed by atoms with E-state index in [2.05, 4.69) is 6.07 Å². The van der Waals surface area contributed by atoms with E-state index in [1.54, 1.807) is 12.1 Å². The summed E-state index contributed by atoms with van der Waals surface area (Å²) in [5, 5.41) is 0. The maximum Gasteiger partial charge on any atom is 0.417 e. The Morgan fingerprint density at radius 1 is 1.00 bits per heavy atom. The first-order chi connectivity index (χ1) is 9.47. The van der Waals surface area contributed by atoms with Gasteiger partial charge in [-0.3, -0.25) is 0 Å². The van der Waals surface area contributed by atoms with Gasteiger partial charge in [-0.25, -0.2) is 0 Å². The van der Waals surface area contributed by atoms with E-state index in [9.17, 15) is 13.2 Å². The van der Waals surface area contributed by atoms with Crippen LogP contribution in [0.1, 0.15) is 30.5 Å². The summed E-state index contributed by atoms with van der Waals surface area (Å²) in [4.78, 5) is 0. The van der Waals surface area contributed by atoms with Crippen molar-refractivity contribution in [3.05, 3.63) is 59.2 Å². The number of benzene rings is 2. The molecule has 1 radical (unpaired) electrons. The molecule has 0 saturated heterocycles. The van der Waals surface area contributed by atoms with Crippen molar-refractivity contribution < 1.29 is 13.2 Å². The molecule has 0 unspecified atom stereocenters. The van der Waals surface area contributed by atoms with Crippen LogP contribution in [0.4, 0.5) is 13.2 Å². The van der Waals surface area contributed by atoms with Gasteiger partial charge in [-0.15, -0.1) is 0 Å². The molecule has 20 heavy (non-hydrogen) atoms. The second-order valence-corrected chi connectivity index (χ2v) is 4.65. The van der Waals surface area contributed by atoms with Gasteiger partial charge in [0.25, 0.3) is 0 Å². The van der Waals surface area contributed by atoms with Crippen molar-refractivity contribution in [3.8, 4) is 11.1 Å². The predicted octanol–water partition coefficient (Wildman–Crippen LogP) is 5.30. The molecule has 0 bridgehead atoms. The molecule has 0 aromatic heterocycles. The Morgan fingerprint density at radius 3 is 2.30 bits per heavy atom. The number of halogens is 3. The highest BCUT2D eigenvalue weighted by Gasteiger charge is 2.33. The molecule has 0 saturated carbocycles. The van der Waals surface area contributed by atoms with Crippen LogP contribution in [0.3, 0.4) is 0 Å². The fourth-order valence-electron chi connectivity index (χ4n) is 2.38. The van der Waals surface area contributed by atoms with E-state index >= 15 is 0 Å². The van der Waals surface area contributed by atoms with Crippen molar-refractivity contribution >= 4 is 0 Å². The summed E-state index contributed by atoms with van der Waals surface area (Å²) in [6, 6.07) is 12.2. The highest BCUT2D eigenvalue weighted by atomic mass is 19.4. The van der Waals surface area contributed by atoms with Gasteiger partial charge in [-0.05, 0) is 41.2 Å². The molecular formula is C17H16F3. The molecule has 0 heterocycles. The zero-order chi connectivity index (χ0) is 14.8. The lowest BCUT2D eigenvalue weighted by atomic mass is 9.94. The van der Waals surface area contributed by atoms with Gasteiger partial charge < -0.3 is 0 Å². The largest absolute Gasteiger partial charge is 0.417 e. The Labute approximate surface area is 117 Å². The second-order valence-electron chi connectivity index (χ2n) is 4.65. The Morgan fingerprint density at radius 2 is 1.70 bits per heavy atom. The molecule has 0 amide bonds. The Hall–Kier alpha value is -1.77. The number of hydrogen-bond acceptors (Lipinski definition) is 0. The molecule has 0 N–H and O–H groups in total. The van der Waals surface area contributed by atoms with E-state index in [-0.39, 0.29) is 5.56 Å². The first-order valence-electron chi connectivity index (χ1n) is 6.67. The van der Waals surface area contributed by atoms with Crippen LogP contribution in [0, 0.1) is 6.07 Å². The maximum atomic E-state index is 13.0. The van der Waals surface area contributed by atoms with Gasteiger partial charge in [-0.1, -0.05) is 50.2 Å². The van der Waals surface area contributed by atoms with Crippen LogP contribution in [-0.2, 0) is 19.0 Å². The lowest BCUT2D eigenvalue weighted by molar-refractivity contribution is -0.137. The SMILES string of the molecule is CCc1ccc(-c2ccc[c]c2C(F)(F)F)cc1CC. The number of rotatable bonds is 3. The molecular weight excluding hydrogens is 261 g/mol. The molecule has 3 heteroatoms. The first kappa shape index (κ1) is 14.6. The molecule has 2 aromatic rings. The average Bonchev–Trinajstić information content (AvgIpc) is 2.45. The number of hydrogen-bond donors (Lipinski definition) is 0. The summed E-state index contributed by atoms with van der Waals surface area (Å²) in [6.45, 7) is 4.06. The highest BCUT2D eigenvalue weighted by Crippen LogP contribution is 2.37. The quantitative estimate of drug-likeness (QED) is 0.714. The van der Waals surface area contributed by atoms with E-state index in [4.69, 9.17) is 0 Å². The summed E-state index contributed by atoms with van der Waals surface area (Å²) in [5.41, 5.74) is 2.37. The second kappa shape index (κ2) is 5.70. The minimum absolute atomic E-state index is 0.192. The van der Waals surface area contributed by atoms with E-state index in [1.807, 2.05) is 26.0 Å². The number of aryl methyl sites for hydroxylation is 2. The molecule has 0 spiro atoms. The summed E-state index contributed by atoms with van der Waals surface area (Å²) in [7, 11) is 0. The van der Waals surface area contributed by atoms with E-state index in [0.29, 0.717) is 5.56 Å². The Bertz CT molecular complexity index is 597. The number of alkyl halides is 3. The summed E-state index contributed by atoms with van der Waals surface area (Å²) >= 11 is 0. The molecule has 0 aliphatic heterocycles. The van der Waals surface area contributed by atoms with Gasteiger partial charge in [0.2, 0.25) is 0 Å². The summed E-state index contributed by atoms with van der Waals surface area (Å²) < 4.78 is 39.1. The monoisotopic (exact) mass is 277 g/mol. The van der Waals surface area contributed by atoms with Gasteiger partial charge in [0, 0.05) is 0 Å². The van der Waals surface area contributed by atoms with Gasteiger partial charge in [0.15, 0.2) is 0 Å². The molecule has 105 valence electrons. The molecule has 0 fully saturated rings. The molecule has 0 atom stereocenters. The molecule has 2 rings (SSSR count). The lowest BCUT2D eigenvalue weighted by Crippen LogP contribution is -2.07. The topological polar surface area (TPSA) is 0 Å². The third-order valence-electron chi connectivity index (χ3n) is 3.42. The smallest absolute Gasteiger partial charge is 0.166 e. The van der Waals surface area contributed by atoms with Gasteiger partial charge >= 0.3 is 6.18 Å². The minimum atomic E-state index is -4.38. The van der Waals surface area contributed by atoms with E-state index < -0.39 is 11.7 Å². The Balaban J connectivity index is 2.58. The van der Waals surface area contributed by atoms with Crippen LogP contribution in [-0.4, -0.2) is 0 Å². The van der Waals surface area contributed by atoms with E-state index in [1.165, 1.54) is 17.7 Å². The van der Waals surface area contributed by atoms with Crippen molar-refractivity contribution in [1.82, 2.24) is 0 Å². The Kier molecular flexibility index (Phi) is 4.17. The first-order valence-corrected chi connectivity index (χ1v) is 6.67. The minimum Gasteiger partial charge on any atom is -0.166 e. The summed E-state index contributed by atoms with van der Waals surface area (Å²) in [6.07, 6.45) is -2.68. The van der Waals surface area contributed by atoms with Crippen molar-refractivity contribution in [2.75, 3.05) is 0 Å². The predicted molar refractivity (Wildman–Crippen MR) is 74.5 cm³/mol.